The van der Waals surface area contributed by atoms with Gasteiger partial charge in [-0.25, -0.2) is 4.79 Å². The summed E-state index contributed by atoms with van der Waals surface area (Å²) in [6, 6.07) is 14.6. The standard InChI is InChI=1S/C27H24N4O5/c1-15-6-7-18(11-16(15)2)24-23(17(3)31(27(32)28-24)13-20-5-4-10-33-20)26-29-25(30-36-26)19-8-9-21-22(12-19)35-14-34-21/h4-12,24H,13-14H2,1-3H3,(H,28,32). The van der Waals surface area contributed by atoms with E-state index in [4.69, 9.17) is 23.4 Å². The van der Waals surface area contributed by atoms with Crippen LogP contribution in [-0.4, -0.2) is 27.9 Å². The van der Waals surface area contributed by atoms with Gasteiger partial charge >= 0.3 is 6.03 Å². The number of hydrogen-bond acceptors (Lipinski definition) is 7. The average molecular weight is 485 g/mol. The fourth-order valence-corrected chi connectivity index (χ4v) is 4.49. The number of amides is 2. The molecule has 9 nitrogen and oxygen atoms in total. The molecule has 6 rings (SSSR count). The molecule has 0 bridgehead atoms. The Morgan fingerprint density at radius 1 is 1.03 bits per heavy atom. The summed E-state index contributed by atoms with van der Waals surface area (Å²) in [5, 5.41) is 7.36. The smallest absolute Gasteiger partial charge is 0.322 e. The van der Waals surface area contributed by atoms with Gasteiger partial charge in [-0.15, -0.1) is 0 Å². The molecule has 9 heteroatoms. The van der Waals surface area contributed by atoms with Gasteiger partial charge in [-0.3, -0.25) is 4.90 Å². The van der Waals surface area contributed by atoms with Crippen LogP contribution in [0.2, 0.25) is 0 Å². The Labute approximate surface area is 207 Å². The highest BCUT2D eigenvalue weighted by Crippen LogP contribution is 2.39. The Bertz CT molecular complexity index is 1490. The van der Waals surface area contributed by atoms with Gasteiger partial charge in [0.2, 0.25) is 12.6 Å². The Hall–Kier alpha value is -4.53. The van der Waals surface area contributed by atoms with E-state index >= 15 is 0 Å². The summed E-state index contributed by atoms with van der Waals surface area (Å²) in [6.45, 7) is 6.45. The number of fused-ring (bicyclic) bond motifs is 1. The number of furan rings is 1. The topological polar surface area (TPSA) is 103 Å². The lowest BCUT2D eigenvalue weighted by Crippen LogP contribution is -2.45. The van der Waals surface area contributed by atoms with Crippen molar-refractivity contribution in [1.82, 2.24) is 20.4 Å². The van der Waals surface area contributed by atoms with E-state index in [2.05, 4.69) is 23.5 Å². The Morgan fingerprint density at radius 2 is 1.89 bits per heavy atom. The van der Waals surface area contributed by atoms with Gasteiger partial charge in [0.1, 0.15) is 5.76 Å². The number of carbonyl (C=O) groups excluding carboxylic acids is 1. The summed E-state index contributed by atoms with van der Waals surface area (Å²) < 4.78 is 22.2. The molecule has 2 aliphatic heterocycles. The summed E-state index contributed by atoms with van der Waals surface area (Å²) in [7, 11) is 0. The number of benzene rings is 2. The highest BCUT2D eigenvalue weighted by molar-refractivity contribution is 5.87. The molecule has 182 valence electrons. The third kappa shape index (κ3) is 3.78. The highest BCUT2D eigenvalue weighted by atomic mass is 16.7. The third-order valence-corrected chi connectivity index (χ3v) is 6.64. The van der Waals surface area contributed by atoms with Crippen molar-refractivity contribution in [2.75, 3.05) is 6.79 Å². The molecule has 2 aromatic heterocycles. The summed E-state index contributed by atoms with van der Waals surface area (Å²) in [6.07, 6.45) is 1.59. The number of aryl methyl sites for hydroxylation is 2. The minimum absolute atomic E-state index is 0.186. The first-order valence-electron chi connectivity index (χ1n) is 11.6. The second-order valence-corrected chi connectivity index (χ2v) is 8.88. The van der Waals surface area contributed by atoms with Crippen LogP contribution >= 0.6 is 0 Å². The van der Waals surface area contributed by atoms with Gasteiger partial charge < -0.3 is 23.7 Å². The molecule has 1 unspecified atom stereocenters. The summed E-state index contributed by atoms with van der Waals surface area (Å²) in [4.78, 5) is 19.6. The summed E-state index contributed by atoms with van der Waals surface area (Å²) in [5.74, 6) is 2.72. The Morgan fingerprint density at radius 3 is 2.69 bits per heavy atom. The molecule has 1 N–H and O–H groups in total. The molecule has 0 saturated heterocycles. The molecule has 0 fully saturated rings. The molecular formula is C27H24N4O5. The van der Waals surface area contributed by atoms with Crippen molar-refractivity contribution < 1.29 is 23.2 Å². The highest BCUT2D eigenvalue weighted by Gasteiger charge is 2.36. The first-order chi connectivity index (χ1) is 17.5. The van der Waals surface area contributed by atoms with E-state index in [1.807, 2.05) is 50.2 Å². The molecule has 0 spiro atoms. The predicted molar refractivity (Wildman–Crippen MR) is 130 cm³/mol. The SMILES string of the molecule is CC1=C(c2nc(-c3ccc4c(c3)OCO4)no2)C(c2ccc(C)c(C)c2)NC(=O)N1Cc1ccco1. The lowest BCUT2D eigenvalue weighted by atomic mass is 9.92. The second-order valence-electron chi connectivity index (χ2n) is 8.88. The number of hydrogen-bond donors (Lipinski definition) is 1. The van der Waals surface area contributed by atoms with Crippen LogP contribution in [0.25, 0.3) is 17.0 Å². The van der Waals surface area contributed by atoms with Gasteiger partial charge in [-0.05, 0) is 67.8 Å². The van der Waals surface area contributed by atoms with Crippen LogP contribution in [0.5, 0.6) is 11.5 Å². The van der Waals surface area contributed by atoms with Crippen LogP contribution in [0.15, 0.2) is 69.4 Å². The lowest BCUT2D eigenvalue weighted by Gasteiger charge is -2.34. The minimum Gasteiger partial charge on any atom is -0.467 e. The largest absolute Gasteiger partial charge is 0.467 e. The zero-order valence-electron chi connectivity index (χ0n) is 20.1. The number of ether oxygens (including phenoxy) is 2. The number of urea groups is 1. The Kier molecular flexibility index (Phi) is 5.25. The predicted octanol–water partition coefficient (Wildman–Crippen LogP) is 5.37. The molecule has 0 aliphatic carbocycles. The molecule has 2 amide bonds. The van der Waals surface area contributed by atoms with Crippen LogP contribution in [0.1, 0.15) is 41.3 Å². The molecule has 4 aromatic rings. The van der Waals surface area contributed by atoms with Crippen molar-refractivity contribution >= 4 is 11.6 Å². The lowest BCUT2D eigenvalue weighted by molar-refractivity contribution is 0.174. The van der Waals surface area contributed by atoms with Crippen molar-refractivity contribution in [3.05, 3.63) is 88.8 Å². The molecular weight excluding hydrogens is 460 g/mol. The van der Waals surface area contributed by atoms with E-state index in [1.165, 1.54) is 5.56 Å². The maximum absolute atomic E-state index is 13.2. The van der Waals surface area contributed by atoms with Crippen molar-refractivity contribution in [2.24, 2.45) is 0 Å². The van der Waals surface area contributed by atoms with E-state index in [0.29, 0.717) is 34.7 Å². The maximum Gasteiger partial charge on any atom is 0.322 e. The summed E-state index contributed by atoms with van der Waals surface area (Å²) in [5.41, 5.74) is 5.40. The number of carbonyl (C=O) groups is 1. The van der Waals surface area contributed by atoms with Crippen LogP contribution in [0.3, 0.4) is 0 Å². The van der Waals surface area contributed by atoms with Crippen molar-refractivity contribution in [2.45, 2.75) is 33.4 Å². The molecule has 1 atom stereocenters. The van der Waals surface area contributed by atoms with E-state index < -0.39 is 6.04 Å². The van der Waals surface area contributed by atoms with Crippen molar-refractivity contribution in [1.29, 1.82) is 0 Å². The van der Waals surface area contributed by atoms with Crippen molar-refractivity contribution in [3.63, 3.8) is 0 Å². The molecule has 0 radical (unpaired) electrons. The monoisotopic (exact) mass is 484 g/mol. The normalized spacial score (nSPS) is 17.0. The number of aromatic nitrogens is 2. The van der Waals surface area contributed by atoms with Gasteiger partial charge in [0.15, 0.2) is 11.5 Å². The zero-order chi connectivity index (χ0) is 24.8. The minimum atomic E-state index is -0.463. The van der Waals surface area contributed by atoms with E-state index in [-0.39, 0.29) is 19.4 Å². The summed E-state index contributed by atoms with van der Waals surface area (Å²) >= 11 is 0. The quantitative estimate of drug-likeness (QED) is 0.406. The number of rotatable bonds is 5. The average Bonchev–Trinajstić information content (AvgIpc) is 3.64. The number of nitrogens with zero attached hydrogens (tertiary/aromatic N) is 3. The molecule has 4 heterocycles. The molecule has 2 aromatic carbocycles. The van der Waals surface area contributed by atoms with Gasteiger partial charge in [-0.2, -0.15) is 4.98 Å². The third-order valence-electron chi connectivity index (χ3n) is 6.64. The molecule has 2 aliphatic rings. The van der Waals surface area contributed by atoms with Crippen LogP contribution in [0.4, 0.5) is 4.79 Å². The zero-order valence-corrected chi connectivity index (χ0v) is 20.1. The number of nitrogens with one attached hydrogen (secondary N) is 1. The van der Waals surface area contributed by atoms with Gasteiger partial charge in [0, 0.05) is 11.3 Å². The molecule has 0 saturated carbocycles. The van der Waals surface area contributed by atoms with Gasteiger partial charge in [0.05, 0.1) is 24.4 Å². The van der Waals surface area contributed by atoms with E-state index in [1.54, 1.807) is 17.2 Å². The maximum atomic E-state index is 13.2. The first-order valence-corrected chi connectivity index (χ1v) is 11.6. The Balaban J connectivity index is 1.44. The van der Waals surface area contributed by atoms with E-state index in [0.717, 1.165) is 22.3 Å². The van der Waals surface area contributed by atoms with Crippen LogP contribution in [0, 0.1) is 13.8 Å². The van der Waals surface area contributed by atoms with Crippen molar-refractivity contribution in [3.8, 4) is 22.9 Å². The van der Waals surface area contributed by atoms with Crippen LogP contribution < -0.4 is 14.8 Å². The number of allylic oxidation sites excluding steroid dienone is 1. The van der Waals surface area contributed by atoms with E-state index in [9.17, 15) is 4.79 Å². The fraction of sp³-hybridized carbons (Fsp3) is 0.222. The molecule has 36 heavy (non-hydrogen) atoms. The van der Waals surface area contributed by atoms with Crippen LogP contribution in [-0.2, 0) is 6.54 Å². The first kappa shape index (κ1) is 22.0. The second kappa shape index (κ2) is 8.60. The van der Waals surface area contributed by atoms with Gasteiger partial charge in [0.25, 0.3) is 5.89 Å². The van der Waals surface area contributed by atoms with Gasteiger partial charge in [-0.1, -0.05) is 23.4 Å². The fourth-order valence-electron chi connectivity index (χ4n) is 4.49.